The summed E-state index contributed by atoms with van der Waals surface area (Å²) in [4.78, 5) is 22.6. The highest BCUT2D eigenvalue weighted by atomic mass is 16.4. The molecule has 0 radical (unpaired) electrons. The van der Waals surface area contributed by atoms with E-state index in [2.05, 4.69) is 17.6 Å². The summed E-state index contributed by atoms with van der Waals surface area (Å²) in [6.07, 6.45) is 6.34. The predicted molar refractivity (Wildman–Crippen MR) is 71.9 cm³/mol. The summed E-state index contributed by atoms with van der Waals surface area (Å²) >= 11 is 0. The van der Waals surface area contributed by atoms with Crippen molar-refractivity contribution in [2.24, 2.45) is 11.8 Å². The van der Waals surface area contributed by atoms with E-state index in [1.807, 2.05) is 0 Å². The van der Waals surface area contributed by atoms with Gasteiger partial charge in [-0.05, 0) is 44.4 Å². The molecule has 3 N–H and O–H groups in total. The van der Waals surface area contributed by atoms with E-state index < -0.39 is 5.97 Å². The number of rotatable bonds is 5. The SMILES string of the molecule is CCC[C@@H]1C[C@H]1NC(=O)NC1CCC(C(=O)O)CC1. The quantitative estimate of drug-likeness (QED) is 0.714. The summed E-state index contributed by atoms with van der Waals surface area (Å²) in [6.45, 7) is 2.16. The third kappa shape index (κ3) is 4.11. The first kappa shape index (κ1) is 14.2. The monoisotopic (exact) mass is 268 g/mol. The van der Waals surface area contributed by atoms with Crippen molar-refractivity contribution in [2.75, 3.05) is 0 Å². The first-order valence-electron chi connectivity index (χ1n) is 7.40. The maximum absolute atomic E-state index is 11.8. The number of aliphatic carboxylic acids is 1. The third-order valence-electron chi connectivity index (χ3n) is 4.31. The molecule has 2 fully saturated rings. The zero-order chi connectivity index (χ0) is 13.8. The molecule has 5 nitrogen and oxygen atoms in total. The van der Waals surface area contributed by atoms with Crippen LogP contribution in [-0.4, -0.2) is 29.2 Å². The van der Waals surface area contributed by atoms with Crippen LogP contribution < -0.4 is 10.6 Å². The van der Waals surface area contributed by atoms with Crippen molar-refractivity contribution in [1.82, 2.24) is 10.6 Å². The Balaban J connectivity index is 1.63. The zero-order valence-corrected chi connectivity index (χ0v) is 11.5. The van der Waals surface area contributed by atoms with E-state index in [-0.39, 0.29) is 18.0 Å². The number of carbonyl (C=O) groups excluding carboxylic acids is 1. The molecule has 0 unspecified atom stereocenters. The number of carbonyl (C=O) groups is 2. The molecule has 5 heteroatoms. The van der Waals surface area contributed by atoms with Crippen LogP contribution >= 0.6 is 0 Å². The molecule has 0 saturated heterocycles. The summed E-state index contributed by atoms with van der Waals surface area (Å²) < 4.78 is 0. The largest absolute Gasteiger partial charge is 0.481 e. The second kappa shape index (κ2) is 6.26. The predicted octanol–water partition coefficient (Wildman–Crippen LogP) is 2.12. The van der Waals surface area contributed by atoms with Gasteiger partial charge in [-0.2, -0.15) is 0 Å². The lowest BCUT2D eigenvalue weighted by molar-refractivity contribution is -0.142. The molecule has 0 aromatic heterocycles. The fraction of sp³-hybridized carbons (Fsp3) is 0.857. The number of carboxylic acid groups (broad SMARTS) is 1. The van der Waals surface area contributed by atoms with Gasteiger partial charge in [0.05, 0.1) is 5.92 Å². The first-order chi connectivity index (χ1) is 9.10. The summed E-state index contributed by atoms with van der Waals surface area (Å²) in [5, 5.41) is 14.9. The molecule has 0 spiro atoms. The molecule has 19 heavy (non-hydrogen) atoms. The maximum Gasteiger partial charge on any atom is 0.315 e. The number of hydrogen-bond donors (Lipinski definition) is 3. The summed E-state index contributed by atoms with van der Waals surface area (Å²) in [5.74, 6) is -0.264. The van der Waals surface area contributed by atoms with Crippen molar-refractivity contribution < 1.29 is 14.7 Å². The lowest BCUT2D eigenvalue weighted by atomic mass is 9.86. The average Bonchev–Trinajstić information content (AvgIpc) is 3.08. The van der Waals surface area contributed by atoms with Crippen LogP contribution in [0.1, 0.15) is 51.9 Å². The van der Waals surface area contributed by atoms with Crippen LogP contribution in [0.4, 0.5) is 4.79 Å². The number of carboxylic acids is 1. The molecule has 2 amide bonds. The van der Waals surface area contributed by atoms with E-state index >= 15 is 0 Å². The van der Waals surface area contributed by atoms with Crippen molar-refractivity contribution in [3.8, 4) is 0 Å². The summed E-state index contributed by atoms with van der Waals surface area (Å²) in [7, 11) is 0. The van der Waals surface area contributed by atoms with Crippen molar-refractivity contribution in [1.29, 1.82) is 0 Å². The van der Waals surface area contributed by atoms with E-state index in [0.717, 1.165) is 19.3 Å². The minimum atomic E-state index is -0.705. The molecule has 2 aliphatic carbocycles. The smallest absolute Gasteiger partial charge is 0.315 e. The minimum absolute atomic E-state index is 0.0811. The van der Waals surface area contributed by atoms with Crippen molar-refractivity contribution >= 4 is 12.0 Å². The van der Waals surface area contributed by atoms with Crippen LogP contribution in [0.25, 0.3) is 0 Å². The van der Waals surface area contributed by atoms with Gasteiger partial charge < -0.3 is 15.7 Å². The third-order valence-corrected chi connectivity index (χ3v) is 4.31. The highest BCUT2D eigenvalue weighted by Gasteiger charge is 2.37. The van der Waals surface area contributed by atoms with Gasteiger partial charge in [0.15, 0.2) is 0 Å². The minimum Gasteiger partial charge on any atom is -0.481 e. The van der Waals surface area contributed by atoms with Gasteiger partial charge in [0.25, 0.3) is 0 Å². The average molecular weight is 268 g/mol. The molecule has 108 valence electrons. The van der Waals surface area contributed by atoms with Crippen molar-refractivity contribution in [3.63, 3.8) is 0 Å². The Kier molecular flexibility index (Phi) is 4.66. The fourth-order valence-electron chi connectivity index (χ4n) is 2.99. The van der Waals surface area contributed by atoms with Gasteiger partial charge in [0, 0.05) is 12.1 Å². The molecule has 0 aromatic rings. The standard InChI is InChI=1S/C14H24N2O3/c1-2-3-10-8-12(10)16-14(19)15-11-6-4-9(5-7-11)13(17)18/h9-12H,2-8H2,1H3,(H,17,18)(H2,15,16,19)/t9?,10-,11?,12-/m1/s1. The number of urea groups is 1. The Morgan fingerprint density at radius 1 is 1.16 bits per heavy atom. The Hall–Kier alpha value is -1.26. The molecule has 0 heterocycles. The summed E-state index contributed by atoms with van der Waals surface area (Å²) in [6, 6.07) is 0.414. The Bertz CT molecular complexity index is 338. The van der Waals surface area contributed by atoms with Crippen molar-refractivity contribution in [3.05, 3.63) is 0 Å². The van der Waals surface area contributed by atoms with Crippen LogP contribution in [0.5, 0.6) is 0 Å². The van der Waals surface area contributed by atoms with Gasteiger partial charge in [-0.25, -0.2) is 4.79 Å². The van der Waals surface area contributed by atoms with Gasteiger partial charge in [0.1, 0.15) is 0 Å². The van der Waals surface area contributed by atoms with Crippen LogP contribution in [0.3, 0.4) is 0 Å². The molecule has 2 atom stereocenters. The molecule has 2 saturated carbocycles. The van der Waals surface area contributed by atoms with Crippen LogP contribution in [0.15, 0.2) is 0 Å². The Labute approximate surface area is 114 Å². The molecule has 0 bridgehead atoms. The molecular formula is C14H24N2O3. The summed E-state index contributed by atoms with van der Waals surface area (Å²) in [5.41, 5.74) is 0. The normalized spacial score (nSPS) is 33.5. The van der Waals surface area contributed by atoms with Crippen molar-refractivity contribution in [2.45, 2.75) is 64.0 Å². The van der Waals surface area contributed by atoms with Gasteiger partial charge in [-0.1, -0.05) is 13.3 Å². The van der Waals surface area contributed by atoms with Gasteiger partial charge in [0.2, 0.25) is 0 Å². The molecule has 0 aliphatic heterocycles. The molecule has 0 aromatic carbocycles. The van der Waals surface area contributed by atoms with Gasteiger partial charge >= 0.3 is 12.0 Å². The fourth-order valence-corrected chi connectivity index (χ4v) is 2.99. The molecule has 2 rings (SSSR count). The highest BCUT2D eigenvalue weighted by molar-refractivity contribution is 5.75. The highest BCUT2D eigenvalue weighted by Crippen LogP contribution is 2.34. The van der Waals surface area contributed by atoms with Crippen LogP contribution in [-0.2, 0) is 4.79 Å². The van der Waals surface area contributed by atoms with Gasteiger partial charge in [-0.15, -0.1) is 0 Å². The number of nitrogens with one attached hydrogen (secondary N) is 2. The Morgan fingerprint density at radius 3 is 2.42 bits per heavy atom. The first-order valence-corrected chi connectivity index (χ1v) is 7.40. The molecular weight excluding hydrogens is 244 g/mol. The van der Waals surface area contributed by atoms with E-state index in [1.54, 1.807) is 0 Å². The second-order valence-corrected chi connectivity index (χ2v) is 5.90. The molecule has 2 aliphatic rings. The zero-order valence-electron chi connectivity index (χ0n) is 11.5. The lowest BCUT2D eigenvalue weighted by Crippen LogP contribution is -2.45. The number of amides is 2. The van der Waals surface area contributed by atoms with E-state index in [0.29, 0.717) is 24.8 Å². The number of hydrogen-bond acceptors (Lipinski definition) is 2. The second-order valence-electron chi connectivity index (χ2n) is 5.90. The maximum atomic E-state index is 11.8. The van der Waals surface area contributed by atoms with Crippen LogP contribution in [0, 0.1) is 11.8 Å². The van der Waals surface area contributed by atoms with E-state index in [4.69, 9.17) is 5.11 Å². The van der Waals surface area contributed by atoms with E-state index in [1.165, 1.54) is 12.8 Å². The van der Waals surface area contributed by atoms with Gasteiger partial charge in [-0.3, -0.25) is 4.79 Å². The lowest BCUT2D eigenvalue weighted by Gasteiger charge is -2.26. The topological polar surface area (TPSA) is 78.4 Å². The van der Waals surface area contributed by atoms with Crippen LogP contribution in [0.2, 0.25) is 0 Å². The Morgan fingerprint density at radius 2 is 1.84 bits per heavy atom. The van der Waals surface area contributed by atoms with E-state index in [9.17, 15) is 9.59 Å².